The van der Waals surface area contributed by atoms with Gasteiger partial charge in [-0.05, 0) is 30.7 Å². The van der Waals surface area contributed by atoms with Crippen LogP contribution in [0.15, 0.2) is 29.3 Å². The number of anilines is 1. The highest BCUT2D eigenvalue weighted by Gasteiger charge is 2.26. The Morgan fingerprint density at radius 1 is 1.41 bits per heavy atom. The summed E-state index contributed by atoms with van der Waals surface area (Å²) in [6, 6.07) is 7.44. The van der Waals surface area contributed by atoms with E-state index in [1.165, 1.54) is 11.8 Å². The van der Waals surface area contributed by atoms with E-state index in [1.807, 2.05) is 24.3 Å². The zero-order valence-electron chi connectivity index (χ0n) is 9.02. The monoisotopic (exact) mass is 269 g/mol. The van der Waals surface area contributed by atoms with Gasteiger partial charge in [0.25, 0.3) is 5.91 Å². The summed E-state index contributed by atoms with van der Waals surface area (Å²) in [6.45, 7) is 0.702. The number of halogens is 1. The Morgan fingerprint density at radius 2 is 2.12 bits per heavy atom. The van der Waals surface area contributed by atoms with Crippen molar-refractivity contribution in [1.29, 1.82) is 0 Å². The summed E-state index contributed by atoms with van der Waals surface area (Å²) in [5.41, 5.74) is 6.46. The molecule has 1 amide bonds. The SMILES string of the molecule is NC1=NC(=O)C(CCNc2ccc(Cl)cc2)S1. The van der Waals surface area contributed by atoms with Gasteiger partial charge in [-0.1, -0.05) is 23.4 Å². The first-order chi connectivity index (χ1) is 8.15. The maximum atomic E-state index is 11.3. The third-order valence-corrected chi connectivity index (χ3v) is 3.65. The summed E-state index contributed by atoms with van der Waals surface area (Å²) >= 11 is 7.11. The van der Waals surface area contributed by atoms with Gasteiger partial charge >= 0.3 is 0 Å². The Hall–Kier alpha value is -1.20. The molecule has 4 nitrogen and oxygen atoms in total. The summed E-state index contributed by atoms with van der Waals surface area (Å²) in [5.74, 6) is -0.134. The standard InChI is InChI=1S/C11H12ClN3OS/c12-7-1-3-8(4-2-7)14-6-5-9-10(16)15-11(13)17-9/h1-4,9,14H,5-6H2,(H2,13,15,16). The number of hydrogen-bond acceptors (Lipinski definition) is 4. The maximum Gasteiger partial charge on any atom is 0.261 e. The molecule has 6 heteroatoms. The van der Waals surface area contributed by atoms with Crippen LogP contribution in [-0.2, 0) is 4.79 Å². The quantitative estimate of drug-likeness (QED) is 0.878. The molecule has 17 heavy (non-hydrogen) atoms. The van der Waals surface area contributed by atoms with Crippen molar-refractivity contribution in [3.8, 4) is 0 Å². The van der Waals surface area contributed by atoms with Crippen molar-refractivity contribution in [2.75, 3.05) is 11.9 Å². The number of nitrogens with one attached hydrogen (secondary N) is 1. The molecule has 0 aromatic heterocycles. The van der Waals surface area contributed by atoms with E-state index in [9.17, 15) is 4.79 Å². The topological polar surface area (TPSA) is 67.5 Å². The number of rotatable bonds is 4. The summed E-state index contributed by atoms with van der Waals surface area (Å²) < 4.78 is 0. The number of carbonyl (C=O) groups excluding carboxylic acids is 1. The molecule has 1 aliphatic heterocycles. The van der Waals surface area contributed by atoms with E-state index in [1.54, 1.807) is 0 Å². The largest absolute Gasteiger partial charge is 0.385 e. The molecule has 0 fully saturated rings. The number of benzene rings is 1. The average Bonchev–Trinajstić information content (AvgIpc) is 2.60. The summed E-state index contributed by atoms with van der Waals surface area (Å²) in [6.07, 6.45) is 0.705. The highest BCUT2D eigenvalue weighted by atomic mass is 35.5. The molecule has 1 atom stereocenters. The molecule has 1 unspecified atom stereocenters. The number of aliphatic imine (C=N–C) groups is 1. The minimum Gasteiger partial charge on any atom is -0.385 e. The van der Waals surface area contributed by atoms with E-state index in [4.69, 9.17) is 17.3 Å². The van der Waals surface area contributed by atoms with E-state index in [2.05, 4.69) is 10.3 Å². The van der Waals surface area contributed by atoms with E-state index >= 15 is 0 Å². The lowest BCUT2D eigenvalue weighted by Crippen LogP contribution is -2.16. The highest BCUT2D eigenvalue weighted by molar-refractivity contribution is 8.15. The maximum absolute atomic E-state index is 11.3. The van der Waals surface area contributed by atoms with Crippen LogP contribution in [0, 0.1) is 0 Å². The normalized spacial score (nSPS) is 19.2. The molecule has 0 radical (unpaired) electrons. The van der Waals surface area contributed by atoms with Gasteiger partial charge in [0.1, 0.15) is 0 Å². The van der Waals surface area contributed by atoms with E-state index in [0.717, 1.165) is 5.69 Å². The Kier molecular flexibility index (Phi) is 3.91. The molecule has 0 spiro atoms. The second-order valence-electron chi connectivity index (χ2n) is 3.62. The number of thioether (sulfide) groups is 1. The van der Waals surface area contributed by atoms with Crippen LogP contribution in [0.1, 0.15) is 6.42 Å². The van der Waals surface area contributed by atoms with Gasteiger partial charge in [-0.3, -0.25) is 4.79 Å². The summed E-state index contributed by atoms with van der Waals surface area (Å²) in [5, 5.41) is 4.15. The van der Waals surface area contributed by atoms with Gasteiger partial charge in [0.15, 0.2) is 5.17 Å². The lowest BCUT2D eigenvalue weighted by molar-refractivity contribution is -0.117. The fraction of sp³-hybridized carbons (Fsp3) is 0.273. The van der Waals surface area contributed by atoms with Gasteiger partial charge in [0.05, 0.1) is 5.25 Å². The van der Waals surface area contributed by atoms with Crippen LogP contribution < -0.4 is 11.1 Å². The van der Waals surface area contributed by atoms with Crippen LogP contribution >= 0.6 is 23.4 Å². The smallest absolute Gasteiger partial charge is 0.261 e. The molecule has 1 aliphatic rings. The van der Waals surface area contributed by atoms with E-state index in [-0.39, 0.29) is 11.2 Å². The van der Waals surface area contributed by atoms with Crippen LogP contribution in [0.3, 0.4) is 0 Å². The molecule has 0 saturated carbocycles. The van der Waals surface area contributed by atoms with Gasteiger partial charge in [-0.25, -0.2) is 0 Å². The van der Waals surface area contributed by atoms with Crippen molar-refractivity contribution in [3.05, 3.63) is 29.3 Å². The molecule has 1 heterocycles. The average molecular weight is 270 g/mol. The predicted octanol–water partition coefficient (Wildman–Crippen LogP) is 2.10. The molecule has 90 valence electrons. The number of nitrogens with two attached hydrogens (primary N) is 1. The third kappa shape index (κ3) is 3.38. The van der Waals surface area contributed by atoms with Crippen molar-refractivity contribution < 1.29 is 4.79 Å². The molecule has 0 aliphatic carbocycles. The molecule has 3 N–H and O–H groups in total. The van der Waals surface area contributed by atoms with Crippen LogP contribution in [0.2, 0.25) is 5.02 Å². The van der Waals surface area contributed by atoms with Gasteiger partial charge in [-0.15, -0.1) is 0 Å². The van der Waals surface area contributed by atoms with Gasteiger partial charge in [-0.2, -0.15) is 4.99 Å². The summed E-state index contributed by atoms with van der Waals surface area (Å²) in [4.78, 5) is 15.0. The Bertz CT molecular complexity index is 447. The van der Waals surface area contributed by atoms with Crippen LogP contribution in [0.25, 0.3) is 0 Å². The third-order valence-electron chi connectivity index (χ3n) is 2.34. The Morgan fingerprint density at radius 3 is 2.71 bits per heavy atom. The predicted molar refractivity (Wildman–Crippen MR) is 72.6 cm³/mol. The fourth-order valence-corrected chi connectivity index (χ4v) is 2.45. The molecule has 1 aromatic carbocycles. The number of carbonyl (C=O) groups is 1. The second-order valence-corrected chi connectivity index (χ2v) is 5.28. The molecule has 1 aromatic rings. The lowest BCUT2D eigenvalue weighted by Gasteiger charge is -2.08. The number of hydrogen-bond donors (Lipinski definition) is 2. The van der Waals surface area contributed by atoms with Crippen molar-refractivity contribution in [2.45, 2.75) is 11.7 Å². The van der Waals surface area contributed by atoms with Gasteiger partial charge in [0.2, 0.25) is 0 Å². The highest BCUT2D eigenvalue weighted by Crippen LogP contribution is 2.22. The van der Waals surface area contributed by atoms with Crippen LogP contribution in [0.5, 0.6) is 0 Å². The van der Waals surface area contributed by atoms with E-state index in [0.29, 0.717) is 23.2 Å². The van der Waals surface area contributed by atoms with Crippen molar-refractivity contribution in [1.82, 2.24) is 0 Å². The van der Waals surface area contributed by atoms with Gasteiger partial charge in [0, 0.05) is 17.3 Å². The first-order valence-corrected chi connectivity index (χ1v) is 6.45. The number of nitrogens with zero attached hydrogens (tertiary/aromatic N) is 1. The number of amidine groups is 1. The second kappa shape index (κ2) is 5.42. The fourth-order valence-electron chi connectivity index (χ4n) is 1.50. The molecule has 0 saturated heterocycles. The van der Waals surface area contributed by atoms with Crippen molar-refractivity contribution in [2.24, 2.45) is 10.7 Å². The van der Waals surface area contributed by atoms with E-state index < -0.39 is 0 Å². The van der Waals surface area contributed by atoms with Crippen LogP contribution in [-0.4, -0.2) is 22.9 Å². The Balaban J connectivity index is 1.77. The molecule has 0 bridgehead atoms. The first kappa shape index (κ1) is 12.3. The Labute approximate surface area is 109 Å². The minimum absolute atomic E-state index is 0.134. The molecular weight excluding hydrogens is 258 g/mol. The zero-order valence-corrected chi connectivity index (χ0v) is 10.6. The molecular formula is C11H12ClN3OS. The minimum atomic E-state index is -0.144. The van der Waals surface area contributed by atoms with Crippen molar-refractivity contribution >= 4 is 40.1 Å². The first-order valence-electron chi connectivity index (χ1n) is 5.19. The van der Waals surface area contributed by atoms with Crippen molar-refractivity contribution in [3.63, 3.8) is 0 Å². The molecule has 2 rings (SSSR count). The van der Waals surface area contributed by atoms with Crippen LogP contribution in [0.4, 0.5) is 5.69 Å². The lowest BCUT2D eigenvalue weighted by atomic mass is 10.2. The number of amides is 1. The zero-order chi connectivity index (χ0) is 12.3. The van der Waals surface area contributed by atoms with Gasteiger partial charge < -0.3 is 11.1 Å². The summed E-state index contributed by atoms with van der Waals surface area (Å²) in [7, 11) is 0.